The summed E-state index contributed by atoms with van der Waals surface area (Å²) in [6.45, 7) is 3.26. The summed E-state index contributed by atoms with van der Waals surface area (Å²) in [6.07, 6.45) is 0. The first-order chi connectivity index (χ1) is 19.2. The Labute approximate surface area is 237 Å². The number of carbonyl (C=O) groups is 2. The molecule has 0 aliphatic heterocycles. The summed E-state index contributed by atoms with van der Waals surface area (Å²) in [5.41, 5.74) is 1.92. The summed E-state index contributed by atoms with van der Waals surface area (Å²) in [7, 11) is 3.08. The third kappa shape index (κ3) is 6.51. The lowest BCUT2D eigenvalue weighted by Crippen LogP contribution is -2.26. The minimum atomic E-state index is -0.810. The molecule has 0 atom stereocenters. The summed E-state index contributed by atoms with van der Waals surface area (Å²) >= 11 is 1.10. The van der Waals surface area contributed by atoms with Gasteiger partial charge in [0.2, 0.25) is 0 Å². The van der Waals surface area contributed by atoms with Crippen LogP contribution in [0.2, 0.25) is 0 Å². The average molecular weight is 561 g/mol. The number of ether oxygens (including phenoxy) is 1. The highest BCUT2D eigenvalue weighted by Crippen LogP contribution is 2.39. The number of nitrogens with zero attached hydrogens (tertiary/aromatic N) is 2. The Morgan fingerprint density at radius 2 is 1.38 bits per heavy atom. The van der Waals surface area contributed by atoms with Gasteiger partial charge in [0.25, 0.3) is 5.91 Å². The zero-order valence-electron chi connectivity index (χ0n) is 22.8. The number of anilines is 1. The molecule has 40 heavy (non-hydrogen) atoms. The van der Waals surface area contributed by atoms with Gasteiger partial charge in [-0.1, -0.05) is 66.7 Å². The number of carbonyl (C=O) groups excluding carboxylic acids is 2. The topological polar surface area (TPSA) is 49.9 Å². The van der Waals surface area contributed by atoms with Gasteiger partial charge in [-0.3, -0.25) is 4.79 Å². The van der Waals surface area contributed by atoms with Crippen LogP contribution in [0.25, 0.3) is 0 Å². The second kappa shape index (κ2) is 12.8. The van der Waals surface area contributed by atoms with Crippen LogP contribution in [0.4, 0.5) is 14.5 Å². The zero-order chi connectivity index (χ0) is 28.8. The van der Waals surface area contributed by atoms with Crippen molar-refractivity contribution in [1.29, 1.82) is 0 Å². The van der Waals surface area contributed by atoms with E-state index >= 15 is 8.78 Å². The van der Waals surface area contributed by atoms with Crippen molar-refractivity contribution in [3.05, 3.63) is 130 Å². The number of hydrogen-bond acceptors (Lipinski definition) is 5. The van der Waals surface area contributed by atoms with Gasteiger partial charge in [-0.15, -0.1) is 0 Å². The van der Waals surface area contributed by atoms with Crippen LogP contribution in [-0.2, 0) is 17.9 Å². The summed E-state index contributed by atoms with van der Waals surface area (Å²) in [5.74, 6) is -2.59. The number of rotatable bonds is 9. The van der Waals surface area contributed by atoms with Crippen LogP contribution >= 0.6 is 11.9 Å². The fourth-order valence-corrected chi connectivity index (χ4v) is 5.27. The van der Waals surface area contributed by atoms with E-state index in [1.165, 1.54) is 23.1 Å². The predicted molar refractivity (Wildman–Crippen MR) is 154 cm³/mol. The van der Waals surface area contributed by atoms with E-state index in [0.29, 0.717) is 10.5 Å². The van der Waals surface area contributed by atoms with Gasteiger partial charge in [0.15, 0.2) is 11.6 Å². The lowest BCUT2D eigenvalue weighted by atomic mass is 9.99. The monoisotopic (exact) mass is 560 g/mol. The second-order valence-electron chi connectivity index (χ2n) is 9.50. The van der Waals surface area contributed by atoms with Crippen molar-refractivity contribution in [2.75, 3.05) is 18.4 Å². The molecule has 0 N–H and O–H groups in total. The number of halogens is 2. The molecular weight excluding hydrogens is 530 g/mol. The van der Waals surface area contributed by atoms with Crippen LogP contribution in [0.3, 0.4) is 0 Å². The van der Waals surface area contributed by atoms with Gasteiger partial charge >= 0.3 is 5.97 Å². The maximum Gasteiger partial charge on any atom is 0.338 e. The lowest BCUT2D eigenvalue weighted by molar-refractivity contribution is 0.0472. The Kier molecular flexibility index (Phi) is 9.22. The Balaban J connectivity index is 1.69. The third-order valence-electron chi connectivity index (χ3n) is 6.36. The first kappa shape index (κ1) is 28.8. The quantitative estimate of drug-likeness (QED) is 0.158. The highest BCUT2D eigenvalue weighted by Gasteiger charge is 2.29. The van der Waals surface area contributed by atoms with Crippen LogP contribution in [0, 0.1) is 25.5 Å². The van der Waals surface area contributed by atoms with Gasteiger partial charge in [0.1, 0.15) is 12.3 Å². The molecule has 4 rings (SSSR count). The molecule has 4 aromatic rings. The van der Waals surface area contributed by atoms with E-state index in [2.05, 4.69) is 0 Å². The first-order valence-electron chi connectivity index (χ1n) is 12.7. The molecule has 0 saturated heterocycles. The predicted octanol–water partition coefficient (Wildman–Crippen LogP) is 7.35. The normalized spacial score (nSPS) is 10.8. The molecule has 0 saturated carbocycles. The molecule has 0 aliphatic carbocycles. The number of esters is 1. The summed E-state index contributed by atoms with van der Waals surface area (Å²) in [4.78, 5) is 27.4. The van der Waals surface area contributed by atoms with Crippen molar-refractivity contribution >= 4 is 29.5 Å². The molecular formula is C32H30F2N2O3S. The average Bonchev–Trinajstić information content (AvgIpc) is 2.96. The van der Waals surface area contributed by atoms with E-state index in [9.17, 15) is 9.59 Å². The van der Waals surface area contributed by atoms with Crippen LogP contribution in [0.15, 0.2) is 89.8 Å². The second-order valence-corrected chi connectivity index (χ2v) is 10.6. The Morgan fingerprint density at radius 3 is 1.95 bits per heavy atom. The number of hydrogen-bond donors (Lipinski definition) is 0. The van der Waals surface area contributed by atoms with Crippen molar-refractivity contribution in [1.82, 2.24) is 4.90 Å². The van der Waals surface area contributed by atoms with Crippen molar-refractivity contribution < 1.29 is 23.1 Å². The van der Waals surface area contributed by atoms with Crippen LogP contribution in [-0.4, -0.2) is 30.9 Å². The van der Waals surface area contributed by atoms with Crippen LogP contribution in [0.1, 0.15) is 43.0 Å². The number of amides is 1. The maximum absolute atomic E-state index is 15.9. The van der Waals surface area contributed by atoms with Gasteiger partial charge in [0, 0.05) is 30.1 Å². The van der Waals surface area contributed by atoms with Gasteiger partial charge in [-0.05, 0) is 55.1 Å². The highest BCUT2D eigenvalue weighted by molar-refractivity contribution is 8.00. The number of benzene rings is 4. The third-order valence-corrected chi connectivity index (χ3v) is 7.36. The fraction of sp³-hybridized carbons (Fsp3) is 0.188. The van der Waals surface area contributed by atoms with E-state index in [0.717, 1.165) is 23.1 Å². The van der Waals surface area contributed by atoms with Crippen molar-refractivity contribution in [3.8, 4) is 0 Å². The Hall–Kier alpha value is -4.17. The van der Waals surface area contributed by atoms with Gasteiger partial charge < -0.3 is 13.9 Å². The van der Waals surface area contributed by atoms with Crippen molar-refractivity contribution in [2.45, 2.75) is 31.9 Å². The molecule has 206 valence electrons. The van der Waals surface area contributed by atoms with E-state index in [4.69, 9.17) is 4.74 Å². The molecule has 0 bridgehead atoms. The molecule has 0 aromatic heterocycles. The summed E-state index contributed by atoms with van der Waals surface area (Å²) in [6, 6.07) is 25.4. The van der Waals surface area contributed by atoms with Crippen LogP contribution in [0.5, 0.6) is 0 Å². The van der Waals surface area contributed by atoms with Crippen molar-refractivity contribution in [2.24, 2.45) is 0 Å². The van der Waals surface area contributed by atoms with Gasteiger partial charge in [-0.25, -0.2) is 13.6 Å². The van der Waals surface area contributed by atoms with Gasteiger partial charge in [-0.2, -0.15) is 0 Å². The fourth-order valence-electron chi connectivity index (χ4n) is 4.24. The minimum Gasteiger partial charge on any atom is -0.457 e. The molecule has 1 amide bonds. The Bertz CT molecular complexity index is 1480. The summed E-state index contributed by atoms with van der Waals surface area (Å²) in [5, 5.41) is 0. The minimum absolute atomic E-state index is 0.0107. The Morgan fingerprint density at radius 1 is 0.800 bits per heavy atom. The van der Waals surface area contributed by atoms with Crippen molar-refractivity contribution in [3.63, 3.8) is 0 Å². The highest BCUT2D eigenvalue weighted by atomic mass is 32.2. The molecule has 0 fully saturated rings. The largest absolute Gasteiger partial charge is 0.457 e. The van der Waals surface area contributed by atoms with E-state index < -0.39 is 23.5 Å². The molecule has 0 heterocycles. The smallest absolute Gasteiger partial charge is 0.338 e. The molecule has 4 aromatic carbocycles. The standard InChI is InChI=1S/C32H30F2N2O3S/c1-21-27(31(37)35(3)4)22(2)29(34)30(28(21)33)36(19-23-12-7-5-8-13-23)40-26-17-11-16-25(18-26)32(38)39-20-24-14-9-6-10-15-24/h5-18H,19-20H2,1-4H3. The molecule has 0 spiro atoms. The van der Waals surface area contributed by atoms with Gasteiger partial charge in [0.05, 0.1) is 17.7 Å². The summed E-state index contributed by atoms with van der Waals surface area (Å²) < 4.78 is 38.8. The molecule has 0 radical (unpaired) electrons. The van der Waals surface area contributed by atoms with E-state index in [1.54, 1.807) is 38.4 Å². The maximum atomic E-state index is 15.9. The molecule has 8 heteroatoms. The first-order valence-corrected chi connectivity index (χ1v) is 13.4. The zero-order valence-corrected chi connectivity index (χ0v) is 23.6. The van der Waals surface area contributed by atoms with E-state index in [-0.39, 0.29) is 35.5 Å². The molecule has 0 unspecified atom stereocenters. The van der Waals surface area contributed by atoms with Crippen LogP contribution < -0.4 is 4.31 Å². The molecule has 5 nitrogen and oxygen atoms in total. The molecule has 0 aliphatic rings. The SMILES string of the molecule is Cc1c(F)c(N(Cc2ccccc2)Sc2cccc(C(=O)OCc3ccccc3)c2)c(F)c(C)c1C(=O)N(C)C. The lowest BCUT2D eigenvalue weighted by Gasteiger charge is -2.27. The van der Waals surface area contributed by atoms with E-state index in [1.807, 2.05) is 60.7 Å².